The molecule has 1 aromatic carbocycles. The number of aromatic nitrogens is 2. The van der Waals surface area contributed by atoms with Crippen LogP contribution in [0.15, 0.2) is 24.3 Å². The van der Waals surface area contributed by atoms with E-state index >= 15 is 0 Å². The predicted octanol–water partition coefficient (Wildman–Crippen LogP) is 4.67. The van der Waals surface area contributed by atoms with Crippen LogP contribution in [0.1, 0.15) is 19.2 Å². The highest BCUT2D eigenvalue weighted by Crippen LogP contribution is 2.28. The van der Waals surface area contributed by atoms with Crippen molar-refractivity contribution in [3.8, 4) is 11.6 Å². The molecule has 0 bridgehead atoms. The van der Waals surface area contributed by atoms with Gasteiger partial charge in [-0.1, -0.05) is 36.2 Å². The Morgan fingerprint density at radius 1 is 1.26 bits per heavy atom. The summed E-state index contributed by atoms with van der Waals surface area (Å²) in [6, 6.07) is 5.94. The lowest BCUT2D eigenvalue weighted by Crippen LogP contribution is -1.98. The summed E-state index contributed by atoms with van der Waals surface area (Å²) in [5.74, 6) is 0.137. The van der Waals surface area contributed by atoms with E-state index in [2.05, 4.69) is 9.97 Å². The molecule has 0 amide bonds. The quantitative estimate of drug-likeness (QED) is 0.770. The van der Waals surface area contributed by atoms with Crippen LogP contribution in [0.5, 0.6) is 11.6 Å². The lowest BCUT2D eigenvalue weighted by molar-refractivity contribution is 0.424. The second kappa shape index (κ2) is 6.17. The summed E-state index contributed by atoms with van der Waals surface area (Å²) >= 11 is 11.6. The molecule has 0 saturated carbocycles. The fraction of sp³-hybridized carbons (Fsp3) is 0.231. The molecular formula is C13H11Cl2FN2O. The van der Waals surface area contributed by atoms with Crippen molar-refractivity contribution in [1.29, 1.82) is 0 Å². The maximum atomic E-state index is 13.7. The van der Waals surface area contributed by atoms with Gasteiger partial charge in [0.15, 0.2) is 11.6 Å². The second-order valence-electron chi connectivity index (χ2n) is 3.85. The molecule has 0 fully saturated rings. The van der Waals surface area contributed by atoms with Gasteiger partial charge in [-0.05, 0) is 18.6 Å². The molecule has 0 saturated heterocycles. The van der Waals surface area contributed by atoms with Crippen LogP contribution in [0.3, 0.4) is 0 Å². The van der Waals surface area contributed by atoms with E-state index in [0.717, 1.165) is 6.42 Å². The summed E-state index contributed by atoms with van der Waals surface area (Å²) in [6.45, 7) is 2.00. The van der Waals surface area contributed by atoms with E-state index in [4.69, 9.17) is 27.9 Å². The molecule has 19 heavy (non-hydrogen) atoms. The number of nitrogens with zero attached hydrogens (tertiary/aromatic N) is 2. The Bertz CT molecular complexity index is 593. The van der Waals surface area contributed by atoms with Crippen LogP contribution in [-0.4, -0.2) is 9.97 Å². The van der Waals surface area contributed by atoms with Crippen LogP contribution in [0, 0.1) is 5.82 Å². The van der Waals surface area contributed by atoms with Crippen molar-refractivity contribution >= 4 is 23.2 Å². The molecule has 3 nitrogen and oxygen atoms in total. The summed E-state index contributed by atoms with van der Waals surface area (Å²) in [5.41, 5.74) is 0. The number of benzene rings is 1. The van der Waals surface area contributed by atoms with Crippen LogP contribution >= 0.6 is 23.2 Å². The second-order valence-corrected chi connectivity index (χ2v) is 4.64. The number of ether oxygens (including phenoxy) is 1. The van der Waals surface area contributed by atoms with Gasteiger partial charge in [-0.2, -0.15) is 4.98 Å². The minimum atomic E-state index is -0.629. The molecule has 0 aliphatic heterocycles. The smallest absolute Gasteiger partial charge is 0.224 e. The molecule has 0 aliphatic rings. The summed E-state index contributed by atoms with van der Waals surface area (Å²) in [4.78, 5) is 8.22. The molecule has 0 radical (unpaired) electrons. The Morgan fingerprint density at radius 2 is 2.05 bits per heavy atom. The molecular weight excluding hydrogens is 290 g/mol. The number of halogens is 3. The molecule has 1 aromatic heterocycles. The lowest BCUT2D eigenvalue weighted by Gasteiger charge is -2.08. The van der Waals surface area contributed by atoms with Gasteiger partial charge in [-0.3, -0.25) is 0 Å². The zero-order valence-electron chi connectivity index (χ0n) is 10.2. The third-order valence-electron chi connectivity index (χ3n) is 2.32. The first-order chi connectivity index (χ1) is 9.10. The first-order valence-electron chi connectivity index (χ1n) is 5.75. The Labute approximate surface area is 120 Å². The third kappa shape index (κ3) is 3.55. The Hall–Kier alpha value is -1.39. The highest BCUT2D eigenvalue weighted by atomic mass is 35.5. The van der Waals surface area contributed by atoms with E-state index in [1.54, 1.807) is 6.07 Å². The summed E-state index contributed by atoms with van der Waals surface area (Å²) < 4.78 is 19.1. The van der Waals surface area contributed by atoms with Gasteiger partial charge in [0.2, 0.25) is 5.88 Å². The van der Waals surface area contributed by atoms with Crippen molar-refractivity contribution in [3.05, 3.63) is 46.1 Å². The van der Waals surface area contributed by atoms with Gasteiger partial charge in [-0.25, -0.2) is 9.37 Å². The standard InChI is InChI=1S/C13H11Cl2FN2O/c1-2-4-11-17-10(15)7-12(18-11)19-9-6-3-5-8(14)13(9)16/h3,5-7H,2,4H2,1H3. The Morgan fingerprint density at radius 3 is 2.79 bits per heavy atom. The topological polar surface area (TPSA) is 35.0 Å². The highest BCUT2D eigenvalue weighted by molar-refractivity contribution is 6.30. The molecule has 0 atom stereocenters. The number of aryl methyl sites for hydroxylation is 1. The number of hydrogen-bond donors (Lipinski definition) is 0. The lowest BCUT2D eigenvalue weighted by atomic mass is 10.3. The number of hydrogen-bond acceptors (Lipinski definition) is 3. The maximum absolute atomic E-state index is 13.7. The van der Waals surface area contributed by atoms with E-state index in [9.17, 15) is 4.39 Å². The fourth-order valence-corrected chi connectivity index (χ4v) is 1.86. The van der Waals surface area contributed by atoms with Crippen molar-refractivity contribution in [3.63, 3.8) is 0 Å². The van der Waals surface area contributed by atoms with Crippen LogP contribution in [0.25, 0.3) is 0 Å². The largest absolute Gasteiger partial charge is 0.436 e. The summed E-state index contributed by atoms with van der Waals surface area (Å²) in [5, 5.41) is 0.252. The van der Waals surface area contributed by atoms with E-state index in [1.165, 1.54) is 18.2 Å². The highest BCUT2D eigenvalue weighted by Gasteiger charge is 2.10. The Kier molecular flexibility index (Phi) is 4.56. The van der Waals surface area contributed by atoms with E-state index in [1.807, 2.05) is 6.92 Å². The van der Waals surface area contributed by atoms with Crippen molar-refractivity contribution < 1.29 is 9.13 Å². The maximum Gasteiger partial charge on any atom is 0.224 e. The van der Waals surface area contributed by atoms with Crippen LogP contribution in [0.2, 0.25) is 10.2 Å². The van der Waals surface area contributed by atoms with Crippen molar-refractivity contribution in [2.24, 2.45) is 0 Å². The van der Waals surface area contributed by atoms with Gasteiger partial charge in [0.05, 0.1) is 5.02 Å². The van der Waals surface area contributed by atoms with Gasteiger partial charge < -0.3 is 4.74 Å². The number of rotatable bonds is 4. The minimum absolute atomic E-state index is 0.00437. The van der Waals surface area contributed by atoms with Gasteiger partial charge in [0, 0.05) is 12.5 Å². The SMILES string of the molecule is CCCc1nc(Cl)cc(Oc2cccc(Cl)c2F)n1. The molecule has 6 heteroatoms. The molecule has 1 heterocycles. The normalized spacial score (nSPS) is 10.5. The van der Waals surface area contributed by atoms with Crippen LogP contribution in [0.4, 0.5) is 4.39 Å². The third-order valence-corrected chi connectivity index (χ3v) is 2.81. The average Bonchev–Trinajstić information content (AvgIpc) is 2.35. The van der Waals surface area contributed by atoms with E-state index in [0.29, 0.717) is 12.2 Å². The van der Waals surface area contributed by atoms with Gasteiger partial charge in [0.1, 0.15) is 11.0 Å². The average molecular weight is 301 g/mol. The molecule has 2 rings (SSSR count). The van der Waals surface area contributed by atoms with Crippen molar-refractivity contribution in [2.75, 3.05) is 0 Å². The molecule has 0 aliphatic carbocycles. The molecule has 100 valence electrons. The molecule has 0 spiro atoms. The van der Waals surface area contributed by atoms with Crippen molar-refractivity contribution in [2.45, 2.75) is 19.8 Å². The monoisotopic (exact) mass is 300 g/mol. The molecule has 0 N–H and O–H groups in total. The first-order valence-corrected chi connectivity index (χ1v) is 6.51. The van der Waals surface area contributed by atoms with Gasteiger partial charge >= 0.3 is 0 Å². The zero-order chi connectivity index (χ0) is 13.8. The molecule has 2 aromatic rings. The Balaban J connectivity index is 2.30. The summed E-state index contributed by atoms with van der Waals surface area (Å²) in [7, 11) is 0. The fourth-order valence-electron chi connectivity index (χ4n) is 1.51. The van der Waals surface area contributed by atoms with Crippen molar-refractivity contribution in [1.82, 2.24) is 9.97 Å². The molecule has 0 unspecified atom stereocenters. The zero-order valence-corrected chi connectivity index (χ0v) is 11.7. The van der Waals surface area contributed by atoms with E-state index in [-0.39, 0.29) is 21.8 Å². The van der Waals surface area contributed by atoms with Crippen LogP contribution in [-0.2, 0) is 6.42 Å². The summed E-state index contributed by atoms with van der Waals surface area (Å²) in [6.07, 6.45) is 1.56. The van der Waals surface area contributed by atoms with Crippen LogP contribution < -0.4 is 4.74 Å². The predicted molar refractivity (Wildman–Crippen MR) is 72.5 cm³/mol. The first kappa shape index (κ1) is 14.0. The van der Waals surface area contributed by atoms with Gasteiger partial charge in [0.25, 0.3) is 0 Å². The van der Waals surface area contributed by atoms with E-state index < -0.39 is 5.82 Å². The van der Waals surface area contributed by atoms with Gasteiger partial charge in [-0.15, -0.1) is 0 Å². The minimum Gasteiger partial charge on any atom is -0.436 e.